The molecule has 1 rings (SSSR count). The van der Waals surface area contributed by atoms with Gasteiger partial charge in [0.05, 0.1) is 5.75 Å². The highest BCUT2D eigenvalue weighted by atomic mass is 32.2. The van der Waals surface area contributed by atoms with Gasteiger partial charge in [-0.1, -0.05) is 12.2 Å². The number of Topliss-reactive ketones (excluding diaryl/α,β-unsaturated/α-hetero) is 1. The molecule has 0 heterocycles. The number of allylic oxidation sites excluding steroid dienone is 1. The summed E-state index contributed by atoms with van der Waals surface area (Å²) in [4.78, 5) is 10.6. The van der Waals surface area contributed by atoms with E-state index in [-0.39, 0.29) is 5.78 Å². The predicted molar refractivity (Wildman–Crippen MR) is 49.9 cm³/mol. The van der Waals surface area contributed by atoms with Crippen LogP contribution < -0.4 is 0 Å². The lowest BCUT2D eigenvalue weighted by atomic mass is 10.1. The number of hydrogen-bond acceptors (Lipinski definition) is 2. The summed E-state index contributed by atoms with van der Waals surface area (Å²) in [5.74, 6) is 0.962. The van der Waals surface area contributed by atoms with Crippen molar-refractivity contribution in [2.24, 2.45) is 0 Å². The van der Waals surface area contributed by atoms with Crippen LogP contribution in [0.5, 0.6) is 0 Å². The van der Waals surface area contributed by atoms with Crippen LogP contribution >= 0.6 is 11.8 Å². The monoisotopic (exact) mass is 170 g/mol. The van der Waals surface area contributed by atoms with Gasteiger partial charge in [0.15, 0.2) is 0 Å². The van der Waals surface area contributed by atoms with Crippen LogP contribution in [0, 0.1) is 0 Å². The molecule has 1 nitrogen and oxygen atoms in total. The van der Waals surface area contributed by atoms with Gasteiger partial charge < -0.3 is 0 Å². The Morgan fingerprint density at radius 1 is 1.73 bits per heavy atom. The van der Waals surface area contributed by atoms with Gasteiger partial charge >= 0.3 is 0 Å². The molecule has 0 amide bonds. The third-order valence-corrected chi connectivity index (χ3v) is 3.11. The van der Waals surface area contributed by atoms with Gasteiger partial charge in [0, 0.05) is 5.25 Å². The van der Waals surface area contributed by atoms with Crippen LogP contribution in [0.25, 0.3) is 0 Å². The first-order chi connectivity index (χ1) is 5.29. The second-order valence-electron chi connectivity index (χ2n) is 2.91. The van der Waals surface area contributed by atoms with E-state index >= 15 is 0 Å². The van der Waals surface area contributed by atoms with E-state index in [0.717, 1.165) is 0 Å². The molecule has 2 heteroatoms. The predicted octanol–water partition coefficient (Wildman–Crippen LogP) is 2.42. The minimum absolute atomic E-state index is 0.286. The topological polar surface area (TPSA) is 17.1 Å². The van der Waals surface area contributed by atoms with Crippen molar-refractivity contribution in [3.63, 3.8) is 0 Å². The Labute approximate surface area is 72.2 Å². The fourth-order valence-electron chi connectivity index (χ4n) is 1.14. The van der Waals surface area contributed by atoms with Crippen molar-refractivity contribution in [3.8, 4) is 0 Å². The summed E-state index contributed by atoms with van der Waals surface area (Å²) in [5.41, 5.74) is 0. The van der Waals surface area contributed by atoms with Crippen LogP contribution in [0.3, 0.4) is 0 Å². The van der Waals surface area contributed by atoms with Gasteiger partial charge in [0.1, 0.15) is 5.78 Å². The standard InChI is InChI=1S/C9H14OS/c1-8(10)7-11-9-5-3-2-4-6-9/h3,5,9H,2,4,6-7H2,1H3. The molecular weight excluding hydrogens is 156 g/mol. The molecule has 0 saturated heterocycles. The smallest absolute Gasteiger partial charge is 0.139 e. The van der Waals surface area contributed by atoms with E-state index in [9.17, 15) is 4.79 Å². The largest absolute Gasteiger partial charge is 0.299 e. The highest BCUT2D eigenvalue weighted by Crippen LogP contribution is 2.22. The molecule has 11 heavy (non-hydrogen) atoms. The average Bonchev–Trinajstić information content (AvgIpc) is 2.03. The van der Waals surface area contributed by atoms with Crippen LogP contribution in [0.15, 0.2) is 12.2 Å². The van der Waals surface area contributed by atoms with E-state index in [2.05, 4.69) is 12.2 Å². The minimum atomic E-state index is 0.286. The van der Waals surface area contributed by atoms with Crippen LogP contribution in [0.4, 0.5) is 0 Å². The second-order valence-corrected chi connectivity index (χ2v) is 4.14. The molecular formula is C9H14OS. The van der Waals surface area contributed by atoms with Gasteiger partial charge in [0.2, 0.25) is 0 Å². The van der Waals surface area contributed by atoms with Crippen LogP contribution in [-0.4, -0.2) is 16.8 Å². The van der Waals surface area contributed by atoms with Gasteiger partial charge in [-0.05, 0) is 26.2 Å². The molecule has 1 aliphatic carbocycles. The minimum Gasteiger partial charge on any atom is -0.299 e. The quantitative estimate of drug-likeness (QED) is 0.605. The maximum atomic E-state index is 10.6. The lowest BCUT2D eigenvalue weighted by molar-refractivity contribution is -0.114. The molecule has 0 bridgehead atoms. The first-order valence-corrected chi connectivity index (χ1v) is 5.11. The third kappa shape index (κ3) is 3.61. The van der Waals surface area contributed by atoms with E-state index in [4.69, 9.17) is 0 Å². The van der Waals surface area contributed by atoms with Crippen molar-refractivity contribution >= 4 is 17.5 Å². The lowest BCUT2D eigenvalue weighted by Crippen LogP contribution is -2.06. The zero-order chi connectivity index (χ0) is 8.10. The molecule has 1 aliphatic rings. The van der Waals surface area contributed by atoms with E-state index in [1.807, 2.05) is 0 Å². The van der Waals surface area contributed by atoms with E-state index in [1.54, 1.807) is 18.7 Å². The number of thioether (sulfide) groups is 1. The number of hydrogen-bond donors (Lipinski definition) is 0. The molecule has 0 spiro atoms. The maximum Gasteiger partial charge on any atom is 0.139 e. The average molecular weight is 170 g/mol. The van der Waals surface area contributed by atoms with Gasteiger partial charge in [-0.25, -0.2) is 0 Å². The molecule has 0 N–H and O–H groups in total. The first kappa shape index (κ1) is 8.85. The van der Waals surface area contributed by atoms with E-state index < -0.39 is 0 Å². The van der Waals surface area contributed by atoms with Crippen LogP contribution in [-0.2, 0) is 4.79 Å². The van der Waals surface area contributed by atoms with Crippen molar-refractivity contribution in [3.05, 3.63) is 12.2 Å². The molecule has 0 aromatic heterocycles. The Hall–Kier alpha value is -0.240. The molecule has 0 aromatic rings. The highest BCUT2D eigenvalue weighted by Gasteiger charge is 2.08. The summed E-state index contributed by atoms with van der Waals surface area (Å²) in [7, 11) is 0. The summed E-state index contributed by atoms with van der Waals surface area (Å²) >= 11 is 1.77. The fourth-order valence-corrected chi connectivity index (χ4v) is 2.15. The molecule has 0 fully saturated rings. The third-order valence-electron chi connectivity index (χ3n) is 1.71. The van der Waals surface area contributed by atoms with Crippen molar-refractivity contribution in [2.75, 3.05) is 5.75 Å². The summed E-state index contributed by atoms with van der Waals surface area (Å²) in [6.07, 6.45) is 8.20. The lowest BCUT2D eigenvalue weighted by Gasteiger charge is -2.14. The fraction of sp³-hybridized carbons (Fsp3) is 0.667. The number of carbonyl (C=O) groups is 1. The summed E-state index contributed by atoms with van der Waals surface area (Å²) in [6, 6.07) is 0. The highest BCUT2D eigenvalue weighted by molar-refractivity contribution is 8.00. The Morgan fingerprint density at radius 3 is 3.09 bits per heavy atom. The van der Waals surface area contributed by atoms with Gasteiger partial charge in [0.25, 0.3) is 0 Å². The Balaban J connectivity index is 2.20. The van der Waals surface area contributed by atoms with Crippen LogP contribution in [0.2, 0.25) is 0 Å². The summed E-state index contributed by atoms with van der Waals surface area (Å²) in [6.45, 7) is 1.65. The number of ketones is 1. The number of carbonyl (C=O) groups excluding carboxylic acids is 1. The molecule has 0 aromatic carbocycles. The first-order valence-electron chi connectivity index (χ1n) is 4.07. The maximum absolute atomic E-state index is 10.6. The zero-order valence-electron chi connectivity index (χ0n) is 6.88. The summed E-state index contributed by atoms with van der Waals surface area (Å²) < 4.78 is 0. The van der Waals surface area contributed by atoms with Gasteiger partial charge in [-0.15, -0.1) is 11.8 Å². The van der Waals surface area contributed by atoms with Gasteiger partial charge in [-0.2, -0.15) is 0 Å². The SMILES string of the molecule is CC(=O)CSC1C=CCCC1. The van der Waals surface area contributed by atoms with E-state index in [1.165, 1.54) is 19.3 Å². The van der Waals surface area contributed by atoms with E-state index in [0.29, 0.717) is 11.0 Å². The molecule has 62 valence electrons. The summed E-state index contributed by atoms with van der Waals surface area (Å²) in [5, 5.41) is 0.604. The molecule has 0 radical (unpaired) electrons. The Kier molecular flexibility index (Phi) is 3.70. The van der Waals surface area contributed by atoms with Crippen molar-refractivity contribution < 1.29 is 4.79 Å². The molecule has 0 saturated carbocycles. The second kappa shape index (κ2) is 4.60. The molecule has 1 atom stereocenters. The Bertz CT molecular complexity index is 163. The van der Waals surface area contributed by atoms with Gasteiger partial charge in [-0.3, -0.25) is 4.79 Å². The molecule has 1 unspecified atom stereocenters. The van der Waals surface area contributed by atoms with Crippen LogP contribution in [0.1, 0.15) is 26.2 Å². The van der Waals surface area contributed by atoms with Crippen molar-refractivity contribution in [1.82, 2.24) is 0 Å². The zero-order valence-corrected chi connectivity index (χ0v) is 7.69. The Morgan fingerprint density at radius 2 is 2.55 bits per heavy atom. The van der Waals surface area contributed by atoms with Crippen molar-refractivity contribution in [1.29, 1.82) is 0 Å². The molecule has 0 aliphatic heterocycles. The van der Waals surface area contributed by atoms with Crippen molar-refractivity contribution in [2.45, 2.75) is 31.4 Å². The normalized spacial score (nSPS) is 23.5. The number of rotatable bonds is 3.